The van der Waals surface area contributed by atoms with Gasteiger partial charge in [0, 0.05) is 0 Å². The van der Waals surface area contributed by atoms with E-state index >= 15 is 0 Å². The molecule has 3 N–H and O–H groups in total. The second-order valence-corrected chi connectivity index (χ2v) is 3.83. The third-order valence-electron chi connectivity index (χ3n) is 2.83. The Balaban J connectivity index is 2.44. The summed E-state index contributed by atoms with van der Waals surface area (Å²) in [5.74, 6) is -0.284. The molecule has 0 bridgehead atoms. The number of rotatable bonds is 0. The Morgan fingerprint density at radius 2 is 2.21 bits per heavy atom. The second kappa shape index (κ2) is 3.67. The Morgan fingerprint density at radius 3 is 3.00 bits per heavy atom. The number of fused-ring (bicyclic) bond motifs is 1. The molecule has 0 saturated heterocycles. The first kappa shape index (κ1) is 9.62. The summed E-state index contributed by atoms with van der Waals surface area (Å²) in [5.41, 5.74) is 7.67. The molecule has 0 heterocycles. The van der Waals surface area contributed by atoms with Crippen LogP contribution in [0.15, 0.2) is 18.2 Å². The van der Waals surface area contributed by atoms with Gasteiger partial charge in [0.15, 0.2) is 0 Å². The van der Waals surface area contributed by atoms with Crippen LogP contribution in [-0.4, -0.2) is 11.2 Å². The molecule has 1 aliphatic rings. The van der Waals surface area contributed by atoms with Crippen molar-refractivity contribution in [2.75, 3.05) is 0 Å². The summed E-state index contributed by atoms with van der Waals surface area (Å²) in [6.07, 6.45) is 1.93. The highest BCUT2D eigenvalue weighted by Crippen LogP contribution is 2.27. The third kappa shape index (κ3) is 1.65. The van der Waals surface area contributed by atoms with Crippen LogP contribution in [0.25, 0.3) is 0 Å². The maximum Gasteiger partial charge on any atom is 0.123 e. The molecule has 76 valence electrons. The van der Waals surface area contributed by atoms with Gasteiger partial charge in [-0.05, 0) is 42.5 Å². The number of aryl methyl sites for hydroxylation is 1. The molecule has 1 aromatic rings. The molecule has 14 heavy (non-hydrogen) atoms. The van der Waals surface area contributed by atoms with Crippen LogP contribution in [0.4, 0.5) is 4.39 Å². The summed E-state index contributed by atoms with van der Waals surface area (Å²) in [5, 5.41) is 9.65. The van der Waals surface area contributed by atoms with Gasteiger partial charge in [0.2, 0.25) is 0 Å². The lowest BCUT2D eigenvalue weighted by molar-refractivity contribution is 0.136. The van der Waals surface area contributed by atoms with Crippen molar-refractivity contribution in [3.8, 4) is 0 Å². The zero-order chi connectivity index (χ0) is 10.1. The van der Waals surface area contributed by atoms with Crippen LogP contribution < -0.4 is 5.73 Å². The van der Waals surface area contributed by atoms with Crippen molar-refractivity contribution in [1.82, 2.24) is 0 Å². The molecule has 0 fully saturated rings. The number of nitrogens with two attached hydrogens (primary N) is 1. The Labute approximate surface area is 82.5 Å². The van der Waals surface area contributed by atoms with Gasteiger partial charge in [0.25, 0.3) is 0 Å². The second-order valence-electron chi connectivity index (χ2n) is 3.83. The Morgan fingerprint density at radius 1 is 1.43 bits per heavy atom. The predicted molar refractivity (Wildman–Crippen MR) is 52.3 cm³/mol. The number of hydrogen-bond acceptors (Lipinski definition) is 2. The normalized spacial score (nSPS) is 26.8. The highest BCUT2D eigenvalue weighted by atomic mass is 19.1. The van der Waals surface area contributed by atoms with Crippen LogP contribution in [0.1, 0.15) is 30.0 Å². The third-order valence-corrected chi connectivity index (χ3v) is 2.83. The molecule has 0 amide bonds. The molecule has 0 aliphatic heterocycles. The van der Waals surface area contributed by atoms with Gasteiger partial charge >= 0.3 is 0 Å². The monoisotopic (exact) mass is 195 g/mol. The fourth-order valence-corrected chi connectivity index (χ4v) is 1.99. The fraction of sp³-hybridized carbons (Fsp3) is 0.455. The lowest BCUT2D eigenvalue weighted by Crippen LogP contribution is -2.25. The van der Waals surface area contributed by atoms with Gasteiger partial charge in [-0.3, -0.25) is 0 Å². The summed E-state index contributed by atoms with van der Waals surface area (Å²) in [6, 6.07) is 4.21. The number of benzene rings is 1. The van der Waals surface area contributed by atoms with E-state index in [2.05, 4.69) is 0 Å². The molecular weight excluding hydrogens is 181 g/mol. The quantitative estimate of drug-likeness (QED) is 0.616. The van der Waals surface area contributed by atoms with Crippen molar-refractivity contribution < 1.29 is 9.50 Å². The maximum absolute atomic E-state index is 13.0. The van der Waals surface area contributed by atoms with Crippen LogP contribution in [0.2, 0.25) is 0 Å². The van der Waals surface area contributed by atoms with Crippen molar-refractivity contribution in [2.24, 2.45) is 5.73 Å². The Hall–Kier alpha value is -0.930. The molecule has 1 aromatic carbocycles. The average molecular weight is 195 g/mol. The molecule has 2 rings (SSSR count). The Bertz CT molecular complexity index is 340. The summed E-state index contributed by atoms with van der Waals surface area (Å²) in [4.78, 5) is 0. The highest BCUT2D eigenvalue weighted by Gasteiger charge is 2.23. The smallest absolute Gasteiger partial charge is 0.123 e. The fourth-order valence-electron chi connectivity index (χ4n) is 1.99. The number of aliphatic hydroxyl groups excluding tert-OH is 1. The summed E-state index contributed by atoms with van der Waals surface area (Å²) >= 11 is 0. The van der Waals surface area contributed by atoms with Gasteiger partial charge in [-0.1, -0.05) is 6.07 Å². The predicted octanol–water partition coefficient (Wildman–Crippen LogP) is 1.52. The van der Waals surface area contributed by atoms with E-state index in [1.165, 1.54) is 12.1 Å². The van der Waals surface area contributed by atoms with Crippen molar-refractivity contribution in [3.63, 3.8) is 0 Å². The molecule has 0 saturated carbocycles. The molecule has 0 aromatic heterocycles. The maximum atomic E-state index is 13.0. The van der Waals surface area contributed by atoms with E-state index in [9.17, 15) is 9.50 Å². The largest absolute Gasteiger partial charge is 0.391 e. The minimum atomic E-state index is -0.543. The minimum absolute atomic E-state index is 0.284. The van der Waals surface area contributed by atoms with Crippen molar-refractivity contribution >= 4 is 0 Å². The zero-order valence-corrected chi connectivity index (χ0v) is 7.91. The number of halogens is 1. The van der Waals surface area contributed by atoms with Crippen LogP contribution in [0.5, 0.6) is 0 Å². The Kier molecular flexibility index (Phi) is 2.52. The van der Waals surface area contributed by atoms with Crippen LogP contribution >= 0.6 is 0 Å². The van der Waals surface area contributed by atoms with Crippen LogP contribution in [-0.2, 0) is 6.42 Å². The molecule has 0 spiro atoms. The topological polar surface area (TPSA) is 46.2 Å². The lowest BCUT2D eigenvalue weighted by atomic mass is 9.98. The van der Waals surface area contributed by atoms with E-state index in [-0.39, 0.29) is 5.82 Å². The van der Waals surface area contributed by atoms with Gasteiger partial charge < -0.3 is 10.8 Å². The van der Waals surface area contributed by atoms with E-state index in [0.29, 0.717) is 6.42 Å². The molecule has 0 radical (unpaired) electrons. The van der Waals surface area contributed by atoms with Crippen LogP contribution in [0.3, 0.4) is 0 Å². The van der Waals surface area contributed by atoms with Crippen molar-refractivity contribution in [3.05, 3.63) is 35.1 Å². The average Bonchev–Trinajstić information content (AvgIpc) is 2.30. The summed E-state index contributed by atoms with van der Waals surface area (Å²) < 4.78 is 13.0. The highest BCUT2D eigenvalue weighted by molar-refractivity contribution is 5.32. The van der Waals surface area contributed by atoms with Gasteiger partial charge in [0.05, 0.1) is 12.1 Å². The molecule has 3 heteroatoms. The summed E-state index contributed by atoms with van der Waals surface area (Å²) in [6.45, 7) is 0. The van der Waals surface area contributed by atoms with Gasteiger partial charge in [-0.25, -0.2) is 4.39 Å². The molecule has 2 nitrogen and oxygen atoms in total. The van der Waals surface area contributed by atoms with Crippen molar-refractivity contribution in [1.29, 1.82) is 0 Å². The molecule has 2 atom stereocenters. The van der Waals surface area contributed by atoms with E-state index < -0.39 is 12.1 Å². The zero-order valence-electron chi connectivity index (χ0n) is 7.91. The van der Waals surface area contributed by atoms with Gasteiger partial charge in [0.1, 0.15) is 5.82 Å². The van der Waals surface area contributed by atoms with E-state index in [4.69, 9.17) is 5.73 Å². The van der Waals surface area contributed by atoms with Crippen LogP contribution in [0, 0.1) is 5.82 Å². The standard InChI is InChI=1S/C11H14FNO/c12-8-5-4-7-2-1-3-10(14)11(13)9(7)6-8/h4-6,10-11,14H,1-3,13H2. The first-order valence-corrected chi connectivity index (χ1v) is 4.90. The first-order chi connectivity index (χ1) is 6.68. The molecule has 1 aliphatic carbocycles. The SMILES string of the molecule is NC1c2cc(F)ccc2CCCC1O. The lowest BCUT2D eigenvalue weighted by Gasteiger charge is -2.17. The summed E-state index contributed by atoms with van der Waals surface area (Å²) in [7, 11) is 0. The minimum Gasteiger partial charge on any atom is -0.391 e. The van der Waals surface area contributed by atoms with E-state index in [0.717, 1.165) is 24.0 Å². The number of aliphatic hydroxyl groups is 1. The van der Waals surface area contributed by atoms with E-state index in [1.807, 2.05) is 0 Å². The first-order valence-electron chi connectivity index (χ1n) is 4.90. The van der Waals surface area contributed by atoms with Crippen molar-refractivity contribution in [2.45, 2.75) is 31.4 Å². The van der Waals surface area contributed by atoms with E-state index in [1.54, 1.807) is 6.07 Å². The number of hydrogen-bond donors (Lipinski definition) is 2. The molecular formula is C11H14FNO. The molecule has 2 unspecified atom stereocenters. The van der Waals surface area contributed by atoms with Gasteiger partial charge in [-0.2, -0.15) is 0 Å². The van der Waals surface area contributed by atoms with Gasteiger partial charge in [-0.15, -0.1) is 0 Å².